The molecule has 1 N–H and O–H groups in total. The van der Waals surface area contributed by atoms with Gasteiger partial charge in [-0.3, -0.25) is 14.9 Å². The molecular formula is C12H10N2O4S. The Hall–Kier alpha value is -2.28. The summed E-state index contributed by atoms with van der Waals surface area (Å²) < 4.78 is 4.83. The number of carbonyl (C=O) groups excluding carboxylic acids is 1. The van der Waals surface area contributed by atoms with Crippen molar-refractivity contribution in [2.75, 3.05) is 11.6 Å². The zero-order chi connectivity index (χ0) is 13.8. The van der Waals surface area contributed by atoms with Gasteiger partial charge in [-0.1, -0.05) is 12.1 Å². The Morgan fingerprint density at radius 3 is 2.68 bits per heavy atom. The van der Waals surface area contributed by atoms with Gasteiger partial charge in [-0.2, -0.15) is 0 Å². The highest BCUT2D eigenvalue weighted by atomic mass is 32.2. The van der Waals surface area contributed by atoms with Gasteiger partial charge in [-0.05, 0) is 24.5 Å². The van der Waals surface area contributed by atoms with E-state index < -0.39 is 16.7 Å². The average molecular weight is 278 g/mol. The van der Waals surface area contributed by atoms with Crippen LogP contribution in [-0.2, 0) is 0 Å². The zero-order valence-corrected chi connectivity index (χ0v) is 10.8. The lowest BCUT2D eigenvalue weighted by Gasteiger charge is -2.07. The van der Waals surface area contributed by atoms with E-state index in [4.69, 9.17) is 4.42 Å². The van der Waals surface area contributed by atoms with Crippen molar-refractivity contribution in [2.45, 2.75) is 4.90 Å². The lowest BCUT2D eigenvalue weighted by atomic mass is 10.3. The highest BCUT2D eigenvalue weighted by Crippen LogP contribution is 2.25. The van der Waals surface area contributed by atoms with Gasteiger partial charge in [0.2, 0.25) is 0 Å². The second-order valence-corrected chi connectivity index (χ2v) is 4.40. The van der Waals surface area contributed by atoms with Gasteiger partial charge in [-0.25, -0.2) is 0 Å². The highest BCUT2D eigenvalue weighted by molar-refractivity contribution is 7.98. The molecule has 0 aliphatic rings. The van der Waals surface area contributed by atoms with Crippen molar-refractivity contribution in [1.82, 2.24) is 0 Å². The summed E-state index contributed by atoms with van der Waals surface area (Å²) in [7, 11) is 0. The number of nitrogens with one attached hydrogen (secondary N) is 1. The van der Waals surface area contributed by atoms with Crippen molar-refractivity contribution in [3.8, 4) is 0 Å². The van der Waals surface area contributed by atoms with Crippen LogP contribution >= 0.6 is 11.8 Å². The number of para-hydroxylation sites is 1. The number of benzene rings is 1. The van der Waals surface area contributed by atoms with Gasteiger partial charge in [0, 0.05) is 4.90 Å². The Morgan fingerprint density at radius 2 is 2.05 bits per heavy atom. The Kier molecular flexibility index (Phi) is 3.86. The molecular weight excluding hydrogens is 268 g/mol. The number of anilines is 1. The van der Waals surface area contributed by atoms with E-state index >= 15 is 0 Å². The van der Waals surface area contributed by atoms with E-state index in [1.54, 1.807) is 12.1 Å². The van der Waals surface area contributed by atoms with Gasteiger partial charge in [0.25, 0.3) is 5.91 Å². The number of rotatable bonds is 4. The Balaban J connectivity index is 2.18. The molecule has 6 nitrogen and oxygen atoms in total. The number of carbonyl (C=O) groups is 1. The lowest BCUT2D eigenvalue weighted by Crippen LogP contribution is -2.11. The molecule has 0 saturated carbocycles. The third kappa shape index (κ3) is 2.94. The van der Waals surface area contributed by atoms with Crippen LogP contribution in [0.1, 0.15) is 10.6 Å². The van der Waals surface area contributed by atoms with Crippen LogP contribution in [-0.4, -0.2) is 17.1 Å². The molecule has 19 heavy (non-hydrogen) atoms. The minimum atomic E-state index is -0.688. The van der Waals surface area contributed by atoms with E-state index in [2.05, 4.69) is 5.32 Å². The van der Waals surface area contributed by atoms with E-state index in [0.29, 0.717) is 5.69 Å². The van der Waals surface area contributed by atoms with Crippen LogP contribution in [0.2, 0.25) is 0 Å². The predicted octanol–water partition coefficient (Wildman–Crippen LogP) is 3.16. The molecule has 0 aliphatic carbocycles. The number of nitrogens with zero attached hydrogens (tertiary/aromatic N) is 1. The first kappa shape index (κ1) is 13.2. The van der Waals surface area contributed by atoms with Crippen LogP contribution in [0.25, 0.3) is 0 Å². The Morgan fingerprint density at radius 1 is 1.32 bits per heavy atom. The topological polar surface area (TPSA) is 85.4 Å². The monoisotopic (exact) mass is 278 g/mol. The van der Waals surface area contributed by atoms with Gasteiger partial charge in [0.15, 0.2) is 5.76 Å². The van der Waals surface area contributed by atoms with Crippen molar-refractivity contribution in [3.63, 3.8) is 0 Å². The van der Waals surface area contributed by atoms with Crippen LogP contribution in [0.4, 0.5) is 11.6 Å². The van der Waals surface area contributed by atoms with Gasteiger partial charge >= 0.3 is 5.88 Å². The Bertz CT molecular complexity index is 624. The van der Waals surface area contributed by atoms with Crippen LogP contribution in [0, 0.1) is 10.1 Å². The first-order chi connectivity index (χ1) is 9.11. The first-order valence-corrected chi connectivity index (χ1v) is 6.53. The highest BCUT2D eigenvalue weighted by Gasteiger charge is 2.17. The third-order valence-corrected chi connectivity index (χ3v) is 3.15. The summed E-state index contributed by atoms with van der Waals surface area (Å²) in [5.74, 6) is -1.07. The summed E-state index contributed by atoms with van der Waals surface area (Å²) in [6, 6.07) is 9.69. The lowest BCUT2D eigenvalue weighted by molar-refractivity contribution is -0.402. The van der Waals surface area contributed by atoms with Crippen molar-refractivity contribution < 1.29 is 14.1 Å². The molecule has 1 aromatic carbocycles. The SMILES string of the molecule is CSc1ccccc1NC(=O)c1ccc([N+](=O)[O-])o1. The molecule has 0 spiro atoms. The third-order valence-electron chi connectivity index (χ3n) is 2.35. The summed E-state index contributed by atoms with van der Waals surface area (Å²) in [6.07, 6.45) is 1.89. The van der Waals surface area contributed by atoms with E-state index in [1.165, 1.54) is 17.8 Å². The summed E-state index contributed by atoms with van der Waals surface area (Å²) in [5, 5.41) is 13.1. The van der Waals surface area contributed by atoms with Gasteiger partial charge in [0.05, 0.1) is 11.8 Å². The maximum atomic E-state index is 11.9. The summed E-state index contributed by atoms with van der Waals surface area (Å²) in [5.41, 5.74) is 0.638. The molecule has 0 atom stereocenters. The molecule has 0 unspecified atom stereocenters. The minimum Gasteiger partial charge on any atom is -0.395 e. The van der Waals surface area contributed by atoms with Gasteiger partial charge in [-0.15, -0.1) is 11.8 Å². The number of thioether (sulfide) groups is 1. The van der Waals surface area contributed by atoms with Crippen molar-refractivity contribution >= 4 is 29.2 Å². The summed E-state index contributed by atoms with van der Waals surface area (Å²) in [6.45, 7) is 0. The number of furan rings is 1. The molecule has 98 valence electrons. The number of amides is 1. The van der Waals surface area contributed by atoms with Crippen LogP contribution in [0.15, 0.2) is 45.7 Å². The van der Waals surface area contributed by atoms with Crippen molar-refractivity contribution in [1.29, 1.82) is 0 Å². The molecule has 0 radical (unpaired) electrons. The van der Waals surface area contributed by atoms with Gasteiger partial charge in [0.1, 0.15) is 4.92 Å². The fraction of sp³-hybridized carbons (Fsp3) is 0.0833. The first-order valence-electron chi connectivity index (χ1n) is 5.30. The molecule has 2 aromatic rings. The standard InChI is InChI=1S/C12H10N2O4S/c1-19-10-5-3-2-4-8(10)13-12(15)9-6-7-11(18-9)14(16)17/h2-7H,1H3,(H,13,15). The maximum absolute atomic E-state index is 11.9. The average Bonchev–Trinajstić information content (AvgIpc) is 2.89. The van der Waals surface area contributed by atoms with Crippen LogP contribution in [0.3, 0.4) is 0 Å². The molecule has 2 rings (SSSR count). The second-order valence-electron chi connectivity index (χ2n) is 3.55. The van der Waals surface area contributed by atoms with Crippen LogP contribution < -0.4 is 5.32 Å². The quantitative estimate of drug-likeness (QED) is 0.527. The number of hydrogen-bond acceptors (Lipinski definition) is 5. The molecule has 0 saturated heterocycles. The number of nitro groups is 1. The Labute approximate surface area is 113 Å². The fourth-order valence-electron chi connectivity index (χ4n) is 1.48. The molecule has 0 bridgehead atoms. The van der Waals surface area contributed by atoms with Crippen molar-refractivity contribution in [2.24, 2.45) is 0 Å². The normalized spacial score (nSPS) is 10.2. The smallest absolute Gasteiger partial charge is 0.395 e. The van der Waals surface area contributed by atoms with E-state index in [-0.39, 0.29) is 5.76 Å². The van der Waals surface area contributed by atoms with E-state index in [0.717, 1.165) is 11.0 Å². The number of hydrogen-bond donors (Lipinski definition) is 1. The largest absolute Gasteiger partial charge is 0.433 e. The minimum absolute atomic E-state index is 0.0948. The zero-order valence-electron chi connectivity index (χ0n) is 9.95. The summed E-state index contributed by atoms with van der Waals surface area (Å²) in [4.78, 5) is 22.6. The molecule has 7 heteroatoms. The predicted molar refractivity (Wildman–Crippen MR) is 71.5 cm³/mol. The molecule has 0 fully saturated rings. The fourth-order valence-corrected chi connectivity index (χ4v) is 2.03. The van der Waals surface area contributed by atoms with Crippen molar-refractivity contribution in [3.05, 3.63) is 52.3 Å². The van der Waals surface area contributed by atoms with Crippen LogP contribution in [0.5, 0.6) is 0 Å². The molecule has 1 heterocycles. The van der Waals surface area contributed by atoms with E-state index in [1.807, 2.05) is 18.4 Å². The maximum Gasteiger partial charge on any atom is 0.433 e. The van der Waals surface area contributed by atoms with E-state index in [9.17, 15) is 14.9 Å². The summed E-state index contributed by atoms with van der Waals surface area (Å²) >= 11 is 1.49. The second kappa shape index (κ2) is 5.57. The molecule has 1 amide bonds. The molecule has 0 aliphatic heterocycles. The molecule has 1 aromatic heterocycles. The van der Waals surface area contributed by atoms with Gasteiger partial charge < -0.3 is 9.73 Å².